The Morgan fingerprint density at radius 3 is 1.46 bits per heavy atom. The molecule has 0 aliphatic carbocycles. The summed E-state index contributed by atoms with van der Waals surface area (Å²) in [7, 11) is 0. The summed E-state index contributed by atoms with van der Waals surface area (Å²) >= 11 is 0. The fourth-order valence-corrected chi connectivity index (χ4v) is 8.03. The molecule has 2 nitrogen and oxygen atoms in total. The molecule has 10 aromatic rings. The SMILES string of the molecule is c1ccc(-c2ccc(N(c3ccc4oc5ccccc5c4c3)c3ccc(-c4cccc(-c5ccccc5)c4-c4ccccc4)cc3-c3ccccc3)cc2)cc1. The first-order valence-electron chi connectivity index (χ1n) is 19.1. The van der Waals surface area contributed by atoms with Crippen molar-refractivity contribution in [1.82, 2.24) is 0 Å². The third-order valence-corrected chi connectivity index (χ3v) is 10.7. The van der Waals surface area contributed by atoms with Gasteiger partial charge in [0.05, 0.1) is 5.69 Å². The van der Waals surface area contributed by atoms with Gasteiger partial charge in [0, 0.05) is 27.7 Å². The second kappa shape index (κ2) is 14.4. The van der Waals surface area contributed by atoms with Crippen LogP contribution < -0.4 is 4.90 Å². The molecule has 1 heterocycles. The molecule has 0 bridgehead atoms. The van der Waals surface area contributed by atoms with E-state index in [4.69, 9.17) is 4.42 Å². The van der Waals surface area contributed by atoms with E-state index in [1.807, 2.05) is 12.1 Å². The van der Waals surface area contributed by atoms with Gasteiger partial charge < -0.3 is 9.32 Å². The lowest BCUT2D eigenvalue weighted by Gasteiger charge is -2.29. The summed E-state index contributed by atoms with van der Waals surface area (Å²) in [5.41, 5.74) is 16.8. The molecule has 0 unspecified atom stereocenters. The molecule has 9 aromatic carbocycles. The van der Waals surface area contributed by atoms with Crippen LogP contribution in [0, 0.1) is 0 Å². The number of fused-ring (bicyclic) bond motifs is 3. The normalized spacial score (nSPS) is 11.2. The Bertz CT molecular complexity index is 2930. The van der Waals surface area contributed by atoms with E-state index in [0.717, 1.165) is 55.7 Å². The van der Waals surface area contributed by atoms with Crippen molar-refractivity contribution in [2.45, 2.75) is 0 Å². The first-order valence-corrected chi connectivity index (χ1v) is 19.1. The van der Waals surface area contributed by atoms with Crippen LogP contribution in [0.15, 0.2) is 229 Å². The van der Waals surface area contributed by atoms with E-state index >= 15 is 0 Å². The van der Waals surface area contributed by atoms with Crippen LogP contribution >= 0.6 is 0 Å². The zero-order valence-electron chi connectivity index (χ0n) is 30.7. The number of nitrogens with zero attached hydrogens (tertiary/aromatic N) is 1. The van der Waals surface area contributed by atoms with Crippen molar-refractivity contribution >= 4 is 39.0 Å². The topological polar surface area (TPSA) is 16.4 Å². The Morgan fingerprint density at radius 1 is 0.286 bits per heavy atom. The number of anilines is 3. The lowest BCUT2D eigenvalue weighted by atomic mass is 9.86. The highest BCUT2D eigenvalue weighted by atomic mass is 16.3. The Balaban J connectivity index is 1.20. The molecule has 10 rings (SSSR count). The third kappa shape index (κ3) is 6.14. The van der Waals surface area contributed by atoms with Crippen molar-refractivity contribution in [2.24, 2.45) is 0 Å². The monoisotopic (exact) mass is 715 g/mol. The summed E-state index contributed by atoms with van der Waals surface area (Å²) in [5.74, 6) is 0. The number of para-hydroxylation sites is 1. The number of rotatable bonds is 8. The Labute approximate surface area is 327 Å². The summed E-state index contributed by atoms with van der Waals surface area (Å²) < 4.78 is 6.29. The van der Waals surface area contributed by atoms with Gasteiger partial charge in [0.25, 0.3) is 0 Å². The summed E-state index contributed by atoms with van der Waals surface area (Å²) in [4.78, 5) is 2.39. The minimum Gasteiger partial charge on any atom is -0.456 e. The molecular formula is C54H37NO. The van der Waals surface area contributed by atoms with Gasteiger partial charge in [0.1, 0.15) is 11.2 Å². The summed E-state index contributed by atoms with van der Waals surface area (Å²) in [6.07, 6.45) is 0. The maximum absolute atomic E-state index is 6.29. The third-order valence-electron chi connectivity index (χ3n) is 10.7. The van der Waals surface area contributed by atoms with Crippen LogP contribution in [0.3, 0.4) is 0 Å². The van der Waals surface area contributed by atoms with Crippen LogP contribution in [-0.2, 0) is 0 Å². The minimum atomic E-state index is 0.875. The Morgan fingerprint density at radius 2 is 0.786 bits per heavy atom. The van der Waals surface area contributed by atoms with Gasteiger partial charge in [-0.3, -0.25) is 0 Å². The van der Waals surface area contributed by atoms with E-state index in [0.29, 0.717) is 0 Å². The van der Waals surface area contributed by atoms with E-state index in [9.17, 15) is 0 Å². The highest BCUT2D eigenvalue weighted by molar-refractivity contribution is 6.07. The van der Waals surface area contributed by atoms with Gasteiger partial charge in [-0.2, -0.15) is 0 Å². The maximum atomic E-state index is 6.29. The van der Waals surface area contributed by atoms with Gasteiger partial charge in [-0.25, -0.2) is 0 Å². The first-order chi connectivity index (χ1) is 27.8. The molecule has 0 radical (unpaired) electrons. The molecule has 0 atom stereocenters. The van der Waals surface area contributed by atoms with Gasteiger partial charge >= 0.3 is 0 Å². The fraction of sp³-hybridized carbons (Fsp3) is 0. The number of hydrogen-bond donors (Lipinski definition) is 0. The lowest BCUT2D eigenvalue weighted by molar-refractivity contribution is 0.669. The largest absolute Gasteiger partial charge is 0.456 e. The van der Waals surface area contributed by atoms with Crippen LogP contribution in [0.5, 0.6) is 0 Å². The molecule has 2 heteroatoms. The molecule has 264 valence electrons. The molecule has 0 aliphatic heterocycles. The maximum Gasteiger partial charge on any atom is 0.135 e. The van der Waals surface area contributed by atoms with Crippen LogP contribution in [0.1, 0.15) is 0 Å². The van der Waals surface area contributed by atoms with Gasteiger partial charge in [-0.15, -0.1) is 0 Å². The molecule has 0 N–H and O–H groups in total. The summed E-state index contributed by atoms with van der Waals surface area (Å²) in [5, 5.41) is 2.20. The first kappa shape index (κ1) is 33.2. The second-order valence-corrected chi connectivity index (χ2v) is 14.1. The number of hydrogen-bond acceptors (Lipinski definition) is 2. The number of benzene rings is 9. The van der Waals surface area contributed by atoms with Gasteiger partial charge in [-0.1, -0.05) is 176 Å². The van der Waals surface area contributed by atoms with Gasteiger partial charge in [0.2, 0.25) is 0 Å². The minimum absolute atomic E-state index is 0.875. The smallest absolute Gasteiger partial charge is 0.135 e. The van der Waals surface area contributed by atoms with E-state index in [2.05, 4.69) is 217 Å². The lowest BCUT2D eigenvalue weighted by Crippen LogP contribution is -2.11. The van der Waals surface area contributed by atoms with Crippen molar-refractivity contribution in [3.8, 4) is 55.6 Å². The second-order valence-electron chi connectivity index (χ2n) is 14.1. The van der Waals surface area contributed by atoms with E-state index in [1.165, 1.54) is 38.9 Å². The molecule has 0 amide bonds. The predicted molar refractivity (Wildman–Crippen MR) is 236 cm³/mol. The average molecular weight is 716 g/mol. The van der Waals surface area contributed by atoms with Crippen molar-refractivity contribution in [3.05, 3.63) is 224 Å². The van der Waals surface area contributed by atoms with Gasteiger partial charge in [-0.05, 0) is 98.6 Å². The molecule has 0 aliphatic rings. The van der Waals surface area contributed by atoms with Crippen molar-refractivity contribution < 1.29 is 4.42 Å². The molecule has 56 heavy (non-hydrogen) atoms. The zero-order valence-corrected chi connectivity index (χ0v) is 30.7. The molecule has 0 saturated carbocycles. The molecule has 0 fully saturated rings. The van der Waals surface area contributed by atoms with Crippen molar-refractivity contribution in [3.63, 3.8) is 0 Å². The van der Waals surface area contributed by atoms with Crippen molar-refractivity contribution in [2.75, 3.05) is 4.90 Å². The molecule has 0 saturated heterocycles. The van der Waals surface area contributed by atoms with Crippen LogP contribution in [0.4, 0.5) is 17.1 Å². The van der Waals surface area contributed by atoms with Crippen molar-refractivity contribution in [1.29, 1.82) is 0 Å². The quantitative estimate of drug-likeness (QED) is 0.156. The highest BCUT2D eigenvalue weighted by Gasteiger charge is 2.21. The average Bonchev–Trinajstić information content (AvgIpc) is 3.66. The van der Waals surface area contributed by atoms with Crippen LogP contribution in [-0.4, -0.2) is 0 Å². The van der Waals surface area contributed by atoms with E-state index in [1.54, 1.807) is 0 Å². The fourth-order valence-electron chi connectivity index (χ4n) is 8.03. The highest BCUT2D eigenvalue weighted by Crippen LogP contribution is 2.46. The van der Waals surface area contributed by atoms with Gasteiger partial charge in [0.15, 0.2) is 0 Å². The standard InChI is InChI=1S/C54H37NO/c1-5-16-38(17-6-1)39-28-31-44(32-29-39)55(45-33-35-53-50(37-45)48-24-13-14-27-52(48)56-53)51-34-30-43(36-49(51)41-20-9-3-10-21-41)47-26-15-25-46(40-18-7-2-8-19-40)54(47)42-22-11-4-12-23-42/h1-37H. The Hall–Kier alpha value is -7.42. The summed E-state index contributed by atoms with van der Waals surface area (Å²) in [6, 6.07) is 80.2. The van der Waals surface area contributed by atoms with E-state index < -0.39 is 0 Å². The molecule has 0 spiro atoms. The van der Waals surface area contributed by atoms with Crippen LogP contribution in [0.2, 0.25) is 0 Å². The molecule has 1 aromatic heterocycles. The Kier molecular flexibility index (Phi) is 8.55. The van der Waals surface area contributed by atoms with Crippen LogP contribution in [0.25, 0.3) is 77.6 Å². The van der Waals surface area contributed by atoms with E-state index in [-0.39, 0.29) is 0 Å². The molecular weight excluding hydrogens is 679 g/mol. The summed E-state index contributed by atoms with van der Waals surface area (Å²) in [6.45, 7) is 0. The zero-order chi connectivity index (χ0) is 37.3. The number of furan rings is 1. The predicted octanol–water partition coefficient (Wildman–Crippen LogP) is 15.4.